The fourth-order valence-corrected chi connectivity index (χ4v) is 3.20. The van der Waals surface area contributed by atoms with E-state index < -0.39 is 0 Å². The van der Waals surface area contributed by atoms with Crippen LogP contribution >= 0.6 is 0 Å². The molecule has 3 rings (SSSR count). The quantitative estimate of drug-likeness (QED) is 0.734. The summed E-state index contributed by atoms with van der Waals surface area (Å²) in [7, 11) is 1.63. The van der Waals surface area contributed by atoms with Crippen LogP contribution in [0.2, 0.25) is 0 Å². The van der Waals surface area contributed by atoms with Crippen molar-refractivity contribution in [3.63, 3.8) is 0 Å². The van der Waals surface area contributed by atoms with Gasteiger partial charge in [-0.15, -0.1) is 0 Å². The fraction of sp³-hybridized carbons (Fsp3) is 0.250. The number of hydrogen-bond acceptors (Lipinski definition) is 1. The minimum Gasteiger partial charge on any atom is -0.355 e. The smallest absolute Gasteiger partial charge is 0.251 e. The van der Waals surface area contributed by atoms with Crippen molar-refractivity contribution < 1.29 is 9.18 Å². The van der Waals surface area contributed by atoms with Gasteiger partial charge >= 0.3 is 0 Å². The molecule has 0 aliphatic heterocycles. The predicted molar refractivity (Wildman–Crippen MR) is 98.1 cm³/mol. The molecule has 0 spiro atoms. The molecule has 0 radical (unpaired) electrons. The van der Waals surface area contributed by atoms with Crippen LogP contribution in [0, 0.1) is 0 Å². The maximum Gasteiger partial charge on any atom is 0.251 e. The van der Waals surface area contributed by atoms with Crippen LogP contribution in [-0.4, -0.2) is 24.2 Å². The van der Waals surface area contributed by atoms with Gasteiger partial charge in [-0.1, -0.05) is 24.3 Å². The molecule has 0 saturated carbocycles. The summed E-state index contributed by atoms with van der Waals surface area (Å²) in [5.74, 6) is -0.120. The van der Waals surface area contributed by atoms with Gasteiger partial charge in [0.2, 0.25) is 0 Å². The molecule has 0 aliphatic carbocycles. The fourth-order valence-electron chi connectivity index (χ4n) is 3.20. The van der Waals surface area contributed by atoms with Gasteiger partial charge in [0.25, 0.3) is 5.91 Å². The first-order valence-corrected chi connectivity index (χ1v) is 8.07. The number of carbonyl (C=O) groups excluding carboxylic acids is 1. The summed E-state index contributed by atoms with van der Waals surface area (Å²) < 4.78 is 14.8. The van der Waals surface area contributed by atoms with Gasteiger partial charge in [-0.25, -0.2) is 0 Å². The molecule has 0 fully saturated rings. The molecule has 3 aromatic rings. The molecule has 1 heterocycles. The van der Waals surface area contributed by atoms with E-state index in [1.54, 1.807) is 7.05 Å². The Bertz CT molecular complexity index is 940. The van der Waals surface area contributed by atoms with E-state index in [9.17, 15) is 9.18 Å². The van der Waals surface area contributed by atoms with E-state index in [0.717, 1.165) is 32.9 Å². The van der Waals surface area contributed by atoms with Crippen molar-refractivity contribution in [3.05, 3.63) is 54.1 Å². The molecule has 0 unspecified atom stereocenters. The van der Waals surface area contributed by atoms with E-state index in [1.807, 2.05) is 37.3 Å². The lowest BCUT2D eigenvalue weighted by molar-refractivity contribution is 0.0965. The first kappa shape index (κ1) is 16.2. The van der Waals surface area contributed by atoms with Gasteiger partial charge in [0.15, 0.2) is 0 Å². The third-order valence-corrected chi connectivity index (χ3v) is 4.37. The van der Waals surface area contributed by atoms with Crippen molar-refractivity contribution in [1.29, 1.82) is 0 Å². The number of allylic oxidation sites excluding steroid dienone is 1. The molecule has 0 atom stereocenters. The number of hydrogen-bond donors (Lipinski definition) is 1. The lowest BCUT2D eigenvalue weighted by Crippen LogP contribution is -2.17. The van der Waals surface area contributed by atoms with Gasteiger partial charge in [-0.3, -0.25) is 9.18 Å². The minimum atomic E-state index is -0.361. The van der Waals surface area contributed by atoms with Crippen molar-refractivity contribution in [2.24, 2.45) is 0 Å². The van der Waals surface area contributed by atoms with Crippen molar-refractivity contribution in [2.45, 2.75) is 19.9 Å². The molecule has 3 nitrogen and oxygen atoms in total. The predicted octanol–water partition coefficient (Wildman–Crippen LogP) is 4.55. The number of amides is 1. The van der Waals surface area contributed by atoms with Crippen LogP contribution < -0.4 is 5.32 Å². The van der Waals surface area contributed by atoms with Gasteiger partial charge < -0.3 is 9.88 Å². The molecule has 0 aliphatic rings. The van der Waals surface area contributed by atoms with E-state index in [4.69, 9.17) is 0 Å². The lowest BCUT2D eigenvalue weighted by Gasteiger charge is -2.06. The molecule has 0 saturated heterocycles. The third-order valence-electron chi connectivity index (χ3n) is 4.37. The van der Waals surface area contributed by atoms with Crippen LogP contribution in [-0.2, 0) is 6.54 Å². The van der Waals surface area contributed by atoms with Crippen LogP contribution in [0.25, 0.3) is 27.4 Å². The molecular weight excluding hydrogens is 303 g/mol. The number of fused-ring (bicyclic) bond motifs is 3. The zero-order valence-electron chi connectivity index (χ0n) is 14.0. The van der Waals surface area contributed by atoms with Crippen LogP contribution in [0.15, 0.2) is 43.0 Å². The SMILES string of the molecule is C=C(C)c1ccc2c(c1)c1c(C(=O)NC)cccc1n2CCCF. The normalized spacial score (nSPS) is 11.1. The van der Waals surface area contributed by atoms with E-state index in [1.165, 1.54) is 0 Å². The van der Waals surface area contributed by atoms with Gasteiger partial charge in [-0.2, -0.15) is 0 Å². The summed E-state index contributed by atoms with van der Waals surface area (Å²) >= 11 is 0. The molecule has 1 aromatic heterocycles. The van der Waals surface area contributed by atoms with Crippen molar-refractivity contribution in [1.82, 2.24) is 9.88 Å². The Labute approximate surface area is 140 Å². The van der Waals surface area contributed by atoms with Gasteiger partial charge in [0.05, 0.1) is 6.67 Å². The summed E-state index contributed by atoms with van der Waals surface area (Å²) in [5, 5.41) is 4.62. The number of benzene rings is 2. The Kier molecular flexibility index (Phi) is 4.38. The largest absolute Gasteiger partial charge is 0.355 e. The monoisotopic (exact) mass is 324 g/mol. The number of nitrogens with zero attached hydrogens (tertiary/aromatic N) is 1. The molecule has 24 heavy (non-hydrogen) atoms. The standard InChI is InChI=1S/C20H21FN2O/c1-13(2)14-8-9-17-16(12-14)19-15(20(24)22-3)6-4-7-18(19)23(17)11-5-10-21/h4,6-9,12H,1,5,10-11H2,2-3H3,(H,22,24). The minimum absolute atomic E-state index is 0.120. The van der Waals surface area contributed by atoms with E-state index >= 15 is 0 Å². The molecule has 1 N–H and O–H groups in total. The molecular formula is C20H21FN2O. The van der Waals surface area contributed by atoms with Gasteiger partial charge in [-0.05, 0) is 43.2 Å². The average Bonchev–Trinajstić information content (AvgIpc) is 2.92. The molecule has 1 amide bonds. The second kappa shape index (κ2) is 6.48. The van der Waals surface area contributed by atoms with Crippen LogP contribution in [0.1, 0.15) is 29.3 Å². The molecule has 124 valence electrons. The number of aromatic nitrogens is 1. The van der Waals surface area contributed by atoms with Crippen molar-refractivity contribution >= 4 is 33.3 Å². The van der Waals surface area contributed by atoms with Crippen LogP contribution in [0.4, 0.5) is 4.39 Å². The number of nitrogens with one attached hydrogen (secondary N) is 1. The summed E-state index contributed by atoms with van der Waals surface area (Å²) in [6, 6.07) is 11.8. The van der Waals surface area contributed by atoms with Gasteiger partial charge in [0.1, 0.15) is 0 Å². The zero-order chi connectivity index (χ0) is 17.3. The van der Waals surface area contributed by atoms with E-state index in [0.29, 0.717) is 18.5 Å². The first-order valence-electron chi connectivity index (χ1n) is 8.07. The van der Waals surface area contributed by atoms with Crippen LogP contribution in [0.5, 0.6) is 0 Å². The lowest BCUT2D eigenvalue weighted by atomic mass is 10.0. The summed E-state index contributed by atoms with van der Waals surface area (Å²) in [5.41, 5.74) is 4.62. The molecule has 4 heteroatoms. The Morgan fingerprint density at radius 1 is 1.25 bits per heavy atom. The summed E-state index contributed by atoms with van der Waals surface area (Å²) in [4.78, 5) is 12.3. The number of aryl methyl sites for hydroxylation is 1. The highest BCUT2D eigenvalue weighted by atomic mass is 19.1. The first-order chi connectivity index (χ1) is 11.6. The second-order valence-electron chi connectivity index (χ2n) is 5.99. The van der Waals surface area contributed by atoms with Crippen molar-refractivity contribution in [3.8, 4) is 0 Å². The second-order valence-corrected chi connectivity index (χ2v) is 5.99. The molecule has 0 bridgehead atoms. The Morgan fingerprint density at radius 3 is 2.71 bits per heavy atom. The number of carbonyl (C=O) groups is 1. The Balaban J connectivity index is 2.41. The molecule has 2 aromatic carbocycles. The third kappa shape index (κ3) is 2.58. The summed E-state index contributed by atoms with van der Waals surface area (Å²) in [6.45, 7) is 6.19. The highest BCUT2D eigenvalue weighted by Gasteiger charge is 2.17. The maximum absolute atomic E-state index is 12.7. The van der Waals surface area contributed by atoms with Crippen molar-refractivity contribution in [2.75, 3.05) is 13.7 Å². The number of alkyl halides is 1. The topological polar surface area (TPSA) is 34.0 Å². The number of halogens is 1. The average molecular weight is 324 g/mol. The highest BCUT2D eigenvalue weighted by Crippen LogP contribution is 2.33. The van der Waals surface area contributed by atoms with E-state index in [-0.39, 0.29) is 12.6 Å². The zero-order valence-corrected chi connectivity index (χ0v) is 14.0. The Morgan fingerprint density at radius 2 is 2.04 bits per heavy atom. The van der Waals surface area contributed by atoms with Crippen LogP contribution in [0.3, 0.4) is 0 Å². The van der Waals surface area contributed by atoms with E-state index in [2.05, 4.69) is 22.5 Å². The number of rotatable bonds is 5. The Hall–Kier alpha value is -2.62. The highest BCUT2D eigenvalue weighted by molar-refractivity contribution is 6.18. The maximum atomic E-state index is 12.7. The van der Waals surface area contributed by atoms with Gasteiger partial charge in [0, 0.05) is 41.0 Å². The summed E-state index contributed by atoms with van der Waals surface area (Å²) in [6.07, 6.45) is 0.450.